The number of benzene rings is 3. The van der Waals surface area contributed by atoms with Crippen molar-refractivity contribution >= 4 is 38.1 Å². The minimum Gasteiger partial charge on any atom is -0.376 e. The third kappa shape index (κ3) is 4.82. The van der Waals surface area contributed by atoms with Crippen LogP contribution in [0.15, 0.2) is 84.3 Å². The van der Waals surface area contributed by atoms with Gasteiger partial charge in [-0.1, -0.05) is 42.5 Å². The first-order valence-corrected chi connectivity index (χ1v) is 10.5. The van der Waals surface area contributed by atoms with E-state index in [9.17, 15) is 13.2 Å². The summed E-state index contributed by atoms with van der Waals surface area (Å²) in [6, 6.07) is 19.9. The molecule has 2 N–H and O–H groups in total. The number of sulfonamides is 1. The molecule has 1 amide bonds. The molecule has 6 nitrogen and oxygen atoms in total. The summed E-state index contributed by atoms with van der Waals surface area (Å²) in [5.41, 5.74) is 1.41. The Morgan fingerprint density at radius 2 is 1.72 bits per heavy atom. The first kappa shape index (κ1) is 20.6. The molecule has 0 bridgehead atoms. The average Bonchev–Trinajstić information content (AvgIpc) is 2.73. The van der Waals surface area contributed by atoms with Gasteiger partial charge in [-0.15, -0.1) is 6.58 Å². The van der Waals surface area contributed by atoms with Crippen molar-refractivity contribution in [3.8, 4) is 0 Å². The Bertz CT molecular complexity index is 1120. The van der Waals surface area contributed by atoms with E-state index >= 15 is 0 Å². The maximum atomic E-state index is 12.4. The van der Waals surface area contributed by atoms with Gasteiger partial charge < -0.3 is 10.6 Å². The topological polar surface area (TPSA) is 78.5 Å². The van der Waals surface area contributed by atoms with Gasteiger partial charge in [0.15, 0.2) is 0 Å². The third-order valence-corrected chi connectivity index (χ3v) is 6.30. The van der Waals surface area contributed by atoms with Crippen LogP contribution in [0.25, 0.3) is 10.8 Å². The standard InChI is InChI=1S/C22H23N3O3S/c1-3-15-25(2)29(27,28)19-13-11-18(12-14-19)23-16-22(26)24-21-10-6-8-17-7-4-5-9-20(17)21/h3-14,23H,1,15-16H2,2H3,(H,24,26). The number of carbonyl (C=O) groups excluding carboxylic acids is 1. The highest BCUT2D eigenvalue weighted by Crippen LogP contribution is 2.23. The molecule has 0 aliphatic rings. The molecule has 0 radical (unpaired) electrons. The second kappa shape index (κ2) is 8.89. The van der Waals surface area contributed by atoms with Crippen molar-refractivity contribution in [2.45, 2.75) is 4.90 Å². The van der Waals surface area contributed by atoms with Crippen molar-refractivity contribution in [1.82, 2.24) is 4.31 Å². The van der Waals surface area contributed by atoms with Gasteiger partial charge in [0.1, 0.15) is 0 Å². The lowest BCUT2D eigenvalue weighted by Gasteiger charge is -2.15. The summed E-state index contributed by atoms with van der Waals surface area (Å²) in [5.74, 6) is -0.191. The second-order valence-electron chi connectivity index (χ2n) is 6.53. The molecule has 0 atom stereocenters. The summed E-state index contributed by atoms with van der Waals surface area (Å²) in [5, 5.41) is 7.94. The number of fused-ring (bicyclic) bond motifs is 1. The summed E-state index contributed by atoms with van der Waals surface area (Å²) in [4.78, 5) is 12.5. The molecule has 150 valence electrons. The molecule has 0 aliphatic heterocycles. The maximum absolute atomic E-state index is 12.4. The van der Waals surface area contributed by atoms with Crippen LogP contribution >= 0.6 is 0 Å². The average molecular weight is 410 g/mol. The van der Waals surface area contributed by atoms with Crippen LogP contribution in [0.4, 0.5) is 11.4 Å². The first-order chi connectivity index (χ1) is 13.9. The predicted molar refractivity (Wildman–Crippen MR) is 118 cm³/mol. The lowest BCUT2D eigenvalue weighted by molar-refractivity contribution is -0.114. The van der Waals surface area contributed by atoms with E-state index in [-0.39, 0.29) is 23.9 Å². The Kier molecular flexibility index (Phi) is 6.31. The summed E-state index contributed by atoms with van der Waals surface area (Å²) in [6.45, 7) is 3.85. The van der Waals surface area contributed by atoms with E-state index in [0.29, 0.717) is 5.69 Å². The number of rotatable bonds is 8. The van der Waals surface area contributed by atoms with Gasteiger partial charge in [0.05, 0.1) is 11.4 Å². The molecule has 0 aromatic heterocycles. The smallest absolute Gasteiger partial charge is 0.243 e. The molecule has 0 saturated heterocycles. The molecule has 7 heteroatoms. The molecule has 0 aliphatic carbocycles. The van der Waals surface area contributed by atoms with Crippen molar-refractivity contribution in [3.63, 3.8) is 0 Å². The molecule has 0 fully saturated rings. The van der Waals surface area contributed by atoms with Crippen LogP contribution in [0, 0.1) is 0 Å². The van der Waals surface area contributed by atoms with Gasteiger partial charge in [0.25, 0.3) is 0 Å². The van der Waals surface area contributed by atoms with Crippen LogP contribution in [-0.4, -0.2) is 38.8 Å². The highest BCUT2D eigenvalue weighted by atomic mass is 32.2. The largest absolute Gasteiger partial charge is 0.376 e. The second-order valence-corrected chi connectivity index (χ2v) is 8.57. The zero-order valence-corrected chi connectivity index (χ0v) is 16.9. The zero-order valence-electron chi connectivity index (χ0n) is 16.1. The van der Waals surface area contributed by atoms with Gasteiger partial charge in [-0.25, -0.2) is 8.42 Å². The summed E-state index contributed by atoms with van der Waals surface area (Å²) in [6.07, 6.45) is 1.53. The van der Waals surface area contributed by atoms with E-state index < -0.39 is 10.0 Å². The Morgan fingerprint density at radius 3 is 2.45 bits per heavy atom. The van der Waals surface area contributed by atoms with Crippen LogP contribution in [0.2, 0.25) is 0 Å². The van der Waals surface area contributed by atoms with Crippen molar-refractivity contribution < 1.29 is 13.2 Å². The molecular weight excluding hydrogens is 386 g/mol. The van der Waals surface area contributed by atoms with Crippen molar-refractivity contribution in [3.05, 3.63) is 79.4 Å². The first-order valence-electron chi connectivity index (χ1n) is 9.10. The van der Waals surface area contributed by atoms with E-state index in [1.165, 1.54) is 29.6 Å². The summed E-state index contributed by atoms with van der Waals surface area (Å²) in [7, 11) is -2.05. The number of nitrogens with one attached hydrogen (secondary N) is 2. The van der Waals surface area contributed by atoms with Crippen molar-refractivity contribution in [2.24, 2.45) is 0 Å². The molecule has 29 heavy (non-hydrogen) atoms. The van der Waals surface area contributed by atoms with Gasteiger partial charge in [-0.3, -0.25) is 4.79 Å². The van der Waals surface area contributed by atoms with Crippen LogP contribution < -0.4 is 10.6 Å². The van der Waals surface area contributed by atoms with E-state index in [1.54, 1.807) is 12.1 Å². The number of carbonyl (C=O) groups is 1. The van der Waals surface area contributed by atoms with Gasteiger partial charge in [0, 0.05) is 30.4 Å². The van der Waals surface area contributed by atoms with Gasteiger partial charge in [0.2, 0.25) is 15.9 Å². The predicted octanol–water partition coefficient (Wildman–Crippen LogP) is 3.70. The molecule has 0 saturated carbocycles. The fourth-order valence-electron chi connectivity index (χ4n) is 2.92. The van der Waals surface area contributed by atoms with Crippen LogP contribution in [0.1, 0.15) is 0 Å². The summed E-state index contributed by atoms with van der Waals surface area (Å²) < 4.78 is 26.0. The number of nitrogens with zero attached hydrogens (tertiary/aromatic N) is 1. The normalized spacial score (nSPS) is 11.4. The molecule has 3 aromatic carbocycles. The number of hydrogen-bond acceptors (Lipinski definition) is 4. The quantitative estimate of drug-likeness (QED) is 0.556. The Labute approximate surface area is 170 Å². The SMILES string of the molecule is C=CCN(C)S(=O)(=O)c1ccc(NCC(=O)Nc2cccc3ccccc23)cc1. The van der Waals surface area contributed by atoms with E-state index in [0.717, 1.165) is 16.5 Å². The van der Waals surface area contributed by atoms with E-state index in [4.69, 9.17) is 0 Å². The number of anilines is 2. The van der Waals surface area contributed by atoms with Crippen LogP contribution in [0.5, 0.6) is 0 Å². The third-order valence-electron chi connectivity index (χ3n) is 4.47. The fraction of sp³-hybridized carbons (Fsp3) is 0.136. The van der Waals surface area contributed by atoms with Crippen molar-refractivity contribution in [1.29, 1.82) is 0 Å². The zero-order chi connectivity index (χ0) is 20.9. The molecular formula is C22H23N3O3S. The molecule has 3 rings (SSSR count). The van der Waals surface area contributed by atoms with Crippen LogP contribution in [0.3, 0.4) is 0 Å². The monoisotopic (exact) mass is 409 g/mol. The Morgan fingerprint density at radius 1 is 1.03 bits per heavy atom. The van der Waals surface area contributed by atoms with Gasteiger partial charge in [-0.05, 0) is 35.7 Å². The molecule has 3 aromatic rings. The fourth-order valence-corrected chi connectivity index (χ4v) is 4.06. The number of likely N-dealkylation sites (N-methyl/N-ethyl adjacent to an activating group) is 1. The minimum absolute atomic E-state index is 0.0612. The van der Waals surface area contributed by atoms with E-state index in [1.807, 2.05) is 42.5 Å². The van der Waals surface area contributed by atoms with E-state index in [2.05, 4.69) is 17.2 Å². The van der Waals surface area contributed by atoms with Gasteiger partial charge in [-0.2, -0.15) is 4.31 Å². The lowest BCUT2D eigenvalue weighted by Crippen LogP contribution is -2.27. The number of amides is 1. The molecule has 0 spiro atoms. The highest BCUT2D eigenvalue weighted by Gasteiger charge is 2.19. The van der Waals surface area contributed by atoms with Crippen molar-refractivity contribution in [2.75, 3.05) is 30.8 Å². The lowest BCUT2D eigenvalue weighted by atomic mass is 10.1. The highest BCUT2D eigenvalue weighted by molar-refractivity contribution is 7.89. The summed E-state index contributed by atoms with van der Waals surface area (Å²) >= 11 is 0. The Hall–Kier alpha value is -3.16. The van der Waals surface area contributed by atoms with Gasteiger partial charge >= 0.3 is 0 Å². The Balaban J connectivity index is 1.63. The minimum atomic E-state index is -3.56. The van der Waals surface area contributed by atoms with Crippen LogP contribution in [-0.2, 0) is 14.8 Å². The number of hydrogen-bond donors (Lipinski definition) is 2. The maximum Gasteiger partial charge on any atom is 0.243 e. The molecule has 0 unspecified atom stereocenters. The molecule has 0 heterocycles.